The number of alkyl halides is 3. The maximum Gasteiger partial charge on any atom is 0.422 e. The van der Waals surface area contributed by atoms with Crippen LogP contribution >= 0.6 is 0 Å². The van der Waals surface area contributed by atoms with Gasteiger partial charge in [0, 0.05) is 31.1 Å². The molecule has 0 saturated carbocycles. The van der Waals surface area contributed by atoms with Gasteiger partial charge >= 0.3 is 6.18 Å². The Morgan fingerprint density at radius 1 is 1.33 bits per heavy atom. The van der Waals surface area contributed by atoms with Gasteiger partial charge in [0.05, 0.1) is 12.1 Å². The molecule has 2 N–H and O–H groups in total. The summed E-state index contributed by atoms with van der Waals surface area (Å²) in [6.07, 6.45) is -1.62. The summed E-state index contributed by atoms with van der Waals surface area (Å²) in [5, 5.41) is 17.7. The van der Waals surface area contributed by atoms with Crippen molar-refractivity contribution >= 4 is 5.52 Å². The van der Waals surface area contributed by atoms with Crippen LogP contribution in [0.4, 0.5) is 13.2 Å². The van der Waals surface area contributed by atoms with E-state index in [0.717, 1.165) is 6.42 Å². The highest BCUT2D eigenvalue weighted by molar-refractivity contribution is 5.53. The fourth-order valence-electron chi connectivity index (χ4n) is 3.00. The van der Waals surface area contributed by atoms with Crippen molar-refractivity contribution in [1.29, 1.82) is 0 Å². The van der Waals surface area contributed by atoms with Gasteiger partial charge in [0.15, 0.2) is 12.4 Å². The Morgan fingerprint density at radius 2 is 2.20 bits per heavy atom. The summed E-state index contributed by atoms with van der Waals surface area (Å²) in [6.45, 7) is -0.263. The summed E-state index contributed by atoms with van der Waals surface area (Å²) >= 11 is 0. The molecule has 1 unspecified atom stereocenters. The lowest BCUT2D eigenvalue weighted by Crippen LogP contribution is -2.33. The van der Waals surface area contributed by atoms with Crippen molar-refractivity contribution in [3.05, 3.63) is 48.4 Å². The Morgan fingerprint density at radius 3 is 2.97 bits per heavy atom. The number of aliphatic hydroxyl groups is 1. The van der Waals surface area contributed by atoms with Crippen molar-refractivity contribution in [2.24, 2.45) is 0 Å². The van der Waals surface area contributed by atoms with Crippen molar-refractivity contribution in [2.45, 2.75) is 24.9 Å². The van der Waals surface area contributed by atoms with Crippen LogP contribution in [0.25, 0.3) is 5.52 Å². The van der Waals surface area contributed by atoms with Gasteiger partial charge in [-0.2, -0.15) is 18.3 Å². The topological polar surface area (TPSA) is 90.1 Å². The van der Waals surface area contributed by atoms with E-state index in [1.165, 1.54) is 18.3 Å². The second-order valence-electron chi connectivity index (χ2n) is 6.74. The third-order valence-corrected chi connectivity index (χ3v) is 4.40. The molecule has 0 amide bonds. The summed E-state index contributed by atoms with van der Waals surface area (Å²) < 4.78 is 54.6. The predicted octanol–water partition coefficient (Wildman–Crippen LogP) is 2.83. The van der Waals surface area contributed by atoms with Gasteiger partial charge < -0.3 is 19.3 Å². The molecule has 8 nitrogen and oxygen atoms in total. The van der Waals surface area contributed by atoms with Crippen molar-refractivity contribution < 1.29 is 32.5 Å². The molecule has 3 aromatic rings. The minimum absolute atomic E-state index is 0.0583. The molecular weight excluding hydrogens is 405 g/mol. The van der Waals surface area contributed by atoms with Crippen LogP contribution in [0, 0.1) is 0 Å². The Labute approximate surface area is 169 Å². The number of hydrogen-bond acceptors (Lipinski definition) is 7. The molecule has 0 aromatic carbocycles. The van der Waals surface area contributed by atoms with E-state index < -0.39 is 19.0 Å². The Kier molecular flexibility index (Phi) is 5.75. The summed E-state index contributed by atoms with van der Waals surface area (Å²) in [6, 6.07) is 7.75. The van der Waals surface area contributed by atoms with Gasteiger partial charge in [0.25, 0.3) is 5.88 Å². The second-order valence-corrected chi connectivity index (χ2v) is 6.74. The first-order valence-corrected chi connectivity index (χ1v) is 9.21. The second kappa shape index (κ2) is 8.46. The number of aliphatic hydroxyl groups excluding tert-OH is 1. The van der Waals surface area contributed by atoms with Crippen LogP contribution in [0.1, 0.15) is 18.3 Å². The largest absolute Gasteiger partial charge is 0.478 e. The average molecular weight is 424 g/mol. The van der Waals surface area contributed by atoms with Crippen LogP contribution in [-0.4, -0.2) is 51.7 Å². The zero-order valence-electron chi connectivity index (χ0n) is 15.7. The van der Waals surface area contributed by atoms with E-state index in [4.69, 9.17) is 14.2 Å². The van der Waals surface area contributed by atoms with Gasteiger partial charge in [-0.25, -0.2) is 9.50 Å². The minimum atomic E-state index is -4.47. The molecule has 11 heteroatoms. The first kappa shape index (κ1) is 20.4. The number of hydrogen-bond donors (Lipinski definition) is 2. The molecule has 1 aliphatic heterocycles. The standard InChI is InChI=1S/C19H19F3N4O4/c20-19(21,22)11-29-16-2-1-5-23-18(16)30-14-3-6-26-13(8-14)9-15(25-26)17(27)24-12-4-7-28-10-12/h1-3,5-6,8-9,12,17,24,27H,4,7,10-11H2/t12-,17?/m0/s1. The smallest absolute Gasteiger partial charge is 0.422 e. The summed E-state index contributed by atoms with van der Waals surface area (Å²) in [4.78, 5) is 3.95. The van der Waals surface area contributed by atoms with Crippen molar-refractivity contribution in [2.75, 3.05) is 19.8 Å². The molecule has 4 rings (SSSR count). The highest BCUT2D eigenvalue weighted by Crippen LogP contribution is 2.31. The third kappa shape index (κ3) is 4.99. The Hall–Kier alpha value is -2.89. The molecule has 0 spiro atoms. The zero-order valence-corrected chi connectivity index (χ0v) is 15.7. The predicted molar refractivity (Wildman–Crippen MR) is 98.4 cm³/mol. The van der Waals surface area contributed by atoms with Crippen molar-refractivity contribution in [3.63, 3.8) is 0 Å². The molecule has 4 heterocycles. The quantitative estimate of drug-likeness (QED) is 0.564. The minimum Gasteiger partial charge on any atom is -0.478 e. The van der Waals surface area contributed by atoms with Crippen LogP contribution in [0.3, 0.4) is 0 Å². The molecular formula is C19H19F3N4O4. The average Bonchev–Trinajstić information content (AvgIpc) is 3.36. The number of aromatic nitrogens is 3. The normalized spacial score (nSPS) is 17.9. The van der Waals surface area contributed by atoms with Gasteiger partial charge in [-0.1, -0.05) is 0 Å². The Bertz CT molecular complexity index is 1000. The van der Waals surface area contributed by atoms with Gasteiger partial charge in [-0.05, 0) is 30.7 Å². The molecule has 2 atom stereocenters. The van der Waals surface area contributed by atoms with E-state index in [2.05, 4.69) is 15.4 Å². The Balaban J connectivity index is 1.49. The molecule has 1 fully saturated rings. The van der Waals surface area contributed by atoms with Crippen molar-refractivity contribution in [3.8, 4) is 17.4 Å². The van der Waals surface area contributed by atoms with Gasteiger partial charge in [-0.3, -0.25) is 5.32 Å². The SMILES string of the molecule is OC(N[C@H]1CCOC1)c1cc2cc(Oc3ncccc3OCC(F)(F)F)ccn2n1. The monoisotopic (exact) mass is 424 g/mol. The number of halogens is 3. The van der Waals surface area contributed by atoms with E-state index in [9.17, 15) is 18.3 Å². The molecule has 1 saturated heterocycles. The molecule has 3 aromatic heterocycles. The molecule has 30 heavy (non-hydrogen) atoms. The van der Waals surface area contributed by atoms with Crippen LogP contribution < -0.4 is 14.8 Å². The molecule has 0 aliphatic carbocycles. The van der Waals surface area contributed by atoms with E-state index in [1.807, 2.05) is 0 Å². The molecule has 0 radical (unpaired) electrons. The van der Waals surface area contributed by atoms with Crippen molar-refractivity contribution in [1.82, 2.24) is 19.9 Å². The first-order chi connectivity index (χ1) is 14.4. The maximum atomic E-state index is 12.4. The lowest BCUT2D eigenvalue weighted by molar-refractivity contribution is -0.153. The molecule has 0 bridgehead atoms. The highest BCUT2D eigenvalue weighted by Gasteiger charge is 2.29. The zero-order chi connectivity index (χ0) is 21.1. The fraction of sp³-hybridized carbons (Fsp3) is 0.368. The summed E-state index contributed by atoms with van der Waals surface area (Å²) in [5.74, 6) is 0.118. The fourth-order valence-corrected chi connectivity index (χ4v) is 3.00. The number of ether oxygens (including phenoxy) is 3. The lowest BCUT2D eigenvalue weighted by Gasteiger charge is -2.14. The maximum absolute atomic E-state index is 12.4. The van der Waals surface area contributed by atoms with E-state index in [-0.39, 0.29) is 17.7 Å². The third-order valence-electron chi connectivity index (χ3n) is 4.40. The molecule has 160 valence electrons. The first-order valence-electron chi connectivity index (χ1n) is 9.21. The number of pyridine rings is 2. The van der Waals surface area contributed by atoms with Crippen LogP contribution in [0.5, 0.6) is 17.4 Å². The highest BCUT2D eigenvalue weighted by atomic mass is 19.4. The van der Waals surface area contributed by atoms with E-state index in [1.54, 1.807) is 28.9 Å². The van der Waals surface area contributed by atoms with Crippen LogP contribution in [-0.2, 0) is 4.74 Å². The number of nitrogens with one attached hydrogen (secondary N) is 1. The van der Waals surface area contributed by atoms with Crippen LogP contribution in [0.15, 0.2) is 42.7 Å². The van der Waals surface area contributed by atoms with E-state index in [0.29, 0.717) is 30.2 Å². The number of rotatable bonds is 7. The summed E-state index contributed by atoms with van der Waals surface area (Å²) in [7, 11) is 0. The van der Waals surface area contributed by atoms with Gasteiger partial charge in [0.1, 0.15) is 17.7 Å². The lowest BCUT2D eigenvalue weighted by atomic mass is 10.2. The number of fused-ring (bicyclic) bond motifs is 1. The molecule has 1 aliphatic rings. The van der Waals surface area contributed by atoms with Crippen LogP contribution in [0.2, 0.25) is 0 Å². The van der Waals surface area contributed by atoms with Gasteiger partial charge in [-0.15, -0.1) is 0 Å². The summed E-state index contributed by atoms with van der Waals surface area (Å²) in [5.41, 5.74) is 1.05. The van der Waals surface area contributed by atoms with Gasteiger partial charge in [0.2, 0.25) is 0 Å². The number of nitrogens with zero attached hydrogens (tertiary/aromatic N) is 3. The van der Waals surface area contributed by atoms with E-state index >= 15 is 0 Å².